The molecular formula is C13H18BrNO4PS+. The van der Waals surface area contributed by atoms with E-state index in [4.69, 9.17) is 9.05 Å². The van der Waals surface area contributed by atoms with Crippen LogP contribution in [0.5, 0.6) is 0 Å². The molecule has 2 heterocycles. The monoisotopic (exact) mass is 394 g/mol. The normalized spacial score (nSPS) is 12.2. The quantitative estimate of drug-likeness (QED) is 0.758. The summed E-state index contributed by atoms with van der Waals surface area (Å²) in [4.78, 5) is 23.5. The van der Waals surface area contributed by atoms with Gasteiger partial charge in [-0.05, 0) is 35.8 Å². The first-order chi connectivity index (χ1) is 9.90. The Hall–Kier alpha value is -0.300. The summed E-state index contributed by atoms with van der Waals surface area (Å²) in [5, 5.41) is 0.645. The molecule has 8 heteroatoms. The van der Waals surface area contributed by atoms with Crippen LogP contribution in [-0.4, -0.2) is 22.7 Å². The lowest BCUT2D eigenvalue weighted by Crippen LogP contribution is -2.15. The maximum Gasteiger partial charge on any atom is 0.414 e. The molecule has 116 valence electrons. The number of aromatic nitrogens is 1. The molecule has 0 aliphatic rings. The SMILES string of the molecule is CCO[P+](O)(Cc1cc2c(=O)n(C)cc(Br)c2s1)OCC. The van der Waals surface area contributed by atoms with Crippen LogP contribution in [0.4, 0.5) is 0 Å². The van der Waals surface area contributed by atoms with Gasteiger partial charge in [0.2, 0.25) is 0 Å². The lowest BCUT2D eigenvalue weighted by atomic mass is 10.3. The molecule has 0 aromatic carbocycles. The van der Waals surface area contributed by atoms with Gasteiger partial charge >= 0.3 is 7.94 Å². The molecule has 21 heavy (non-hydrogen) atoms. The van der Waals surface area contributed by atoms with E-state index in [1.807, 2.05) is 19.9 Å². The van der Waals surface area contributed by atoms with Gasteiger partial charge in [0, 0.05) is 13.2 Å². The average molecular weight is 395 g/mol. The second-order valence-corrected chi connectivity index (χ2v) is 8.58. The van der Waals surface area contributed by atoms with Crippen molar-refractivity contribution < 1.29 is 13.9 Å². The second-order valence-electron chi connectivity index (χ2n) is 4.48. The van der Waals surface area contributed by atoms with Gasteiger partial charge in [0.25, 0.3) is 5.56 Å². The van der Waals surface area contributed by atoms with Crippen molar-refractivity contribution in [3.05, 3.63) is 32.0 Å². The van der Waals surface area contributed by atoms with Gasteiger partial charge < -0.3 is 4.57 Å². The number of nitrogens with zero attached hydrogens (tertiary/aromatic N) is 1. The molecule has 2 aromatic rings. The summed E-state index contributed by atoms with van der Waals surface area (Å²) in [7, 11) is -1.19. The lowest BCUT2D eigenvalue weighted by Gasteiger charge is -2.14. The third kappa shape index (κ3) is 3.73. The summed E-state index contributed by atoms with van der Waals surface area (Å²) in [6, 6.07) is 1.82. The number of pyridine rings is 1. The van der Waals surface area contributed by atoms with Crippen LogP contribution in [-0.2, 0) is 22.3 Å². The van der Waals surface area contributed by atoms with Crippen LogP contribution in [0.15, 0.2) is 21.5 Å². The van der Waals surface area contributed by atoms with Gasteiger partial charge in [0.15, 0.2) is 6.16 Å². The summed E-state index contributed by atoms with van der Waals surface area (Å²) in [6.45, 7) is 4.42. The zero-order valence-corrected chi connectivity index (χ0v) is 15.4. The zero-order valence-electron chi connectivity index (χ0n) is 12.1. The molecule has 0 saturated heterocycles. The summed E-state index contributed by atoms with van der Waals surface area (Å²) < 4.78 is 14.1. The number of halogens is 1. The maximum atomic E-state index is 12.1. The lowest BCUT2D eigenvalue weighted by molar-refractivity contribution is 0.188. The second kappa shape index (κ2) is 6.86. The van der Waals surface area contributed by atoms with Gasteiger partial charge in [-0.2, -0.15) is 13.9 Å². The molecule has 0 saturated carbocycles. The van der Waals surface area contributed by atoms with E-state index in [1.54, 1.807) is 13.2 Å². The Morgan fingerprint density at radius 2 is 2.00 bits per heavy atom. The molecule has 0 bridgehead atoms. The van der Waals surface area contributed by atoms with Crippen LogP contribution in [0.3, 0.4) is 0 Å². The van der Waals surface area contributed by atoms with Crippen molar-refractivity contribution in [2.45, 2.75) is 20.0 Å². The Kier molecular flexibility index (Phi) is 5.57. The molecule has 2 aromatic heterocycles. The summed E-state index contributed by atoms with van der Waals surface area (Å²) in [6.07, 6.45) is 2.04. The molecule has 0 unspecified atom stereocenters. The van der Waals surface area contributed by atoms with E-state index in [-0.39, 0.29) is 5.56 Å². The van der Waals surface area contributed by atoms with E-state index in [9.17, 15) is 9.69 Å². The Morgan fingerprint density at radius 1 is 1.38 bits per heavy atom. The van der Waals surface area contributed by atoms with Crippen molar-refractivity contribution in [3.8, 4) is 0 Å². The van der Waals surface area contributed by atoms with Gasteiger partial charge in [-0.25, -0.2) is 0 Å². The number of fused-ring (bicyclic) bond motifs is 1. The van der Waals surface area contributed by atoms with E-state index in [0.29, 0.717) is 24.8 Å². The van der Waals surface area contributed by atoms with Gasteiger partial charge in [0.05, 0.1) is 32.6 Å². The third-order valence-electron chi connectivity index (χ3n) is 2.88. The van der Waals surface area contributed by atoms with Crippen LogP contribution < -0.4 is 5.56 Å². The molecule has 1 N–H and O–H groups in total. The van der Waals surface area contributed by atoms with Gasteiger partial charge in [-0.15, -0.1) is 11.3 Å². The Bertz CT molecular complexity index is 693. The average Bonchev–Trinajstić information content (AvgIpc) is 2.80. The smallest absolute Gasteiger partial charge is 0.317 e. The molecule has 0 aliphatic carbocycles. The minimum atomic E-state index is -2.90. The van der Waals surface area contributed by atoms with Crippen molar-refractivity contribution in [1.82, 2.24) is 4.57 Å². The highest BCUT2D eigenvalue weighted by molar-refractivity contribution is 9.10. The fraction of sp³-hybridized carbons (Fsp3) is 0.462. The molecule has 0 fully saturated rings. The van der Waals surface area contributed by atoms with Gasteiger partial charge in [0.1, 0.15) is 0 Å². The van der Waals surface area contributed by atoms with E-state index in [2.05, 4.69) is 15.9 Å². The molecule has 0 amide bonds. The first-order valence-corrected chi connectivity index (χ1v) is 9.95. The molecule has 0 spiro atoms. The van der Waals surface area contributed by atoms with Crippen LogP contribution in [0.2, 0.25) is 0 Å². The summed E-state index contributed by atoms with van der Waals surface area (Å²) in [5.74, 6) is 0. The standard InChI is InChI=1S/C13H18BrNO4PS/c1-4-18-20(17,19-5-2)8-9-6-10-12(21-9)11(14)7-15(3)13(10)16/h6-7,17H,4-5,8H2,1-3H3/q+1. The fourth-order valence-corrected chi connectivity index (χ4v) is 5.97. The number of hydrogen-bond donors (Lipinski definition) is 1. The number of hydrogen-bond acceptors (Lipinski definition) is 5. The predicted molar refractivity (Wildman–Crippen MR) is 90.9 cm³/mol. The minimum absolute atomic E-state index is 0.0506. The van der Waals surface area contributed by atoms with Crippen molar-refractivity contribution in [1.29, 1.82) is 0 Å². The Balaban J connectivity index is 2.41. The summed E-state index contributed by atoms with van der Waals surface area (Å²) in [5.41, 5.74) is -0.0506. The van der Waals surface area contributed by atoms with E-state index < -0.39 is 7.94 Å². The molecule has 5 nitrogen and oxygen atoms in total. The van der Waals surface area contributed by atoms with Crippen LogP contribution in [0.1, 0.15) is 18.7 Å². The first-order valence-electron chi connectivity index (χ1n) is 6.57. The minimum Gasteiger partial charge on any atom is -0.317 e. The van der Waals surface area contributed by atoms with E-state index in [0.717, 1.165) is 14.0 Å². The molecule has 2 rings (SSSR count). The molecule has 0 atom stereocenters. The highest BCUT2D eigenvalue weighted by Gasteiger charge is 2.40. The zero-order chi connectivity index (χ0) is 15.6. The van der Waals surface area contributed by atoms with Crippen LogP contribution in [0, 0.1) is 0 Å². The van der Waals surface area contributed by atoms with Gasteiger partial charge in [-0.1, -0.05) is 0 Å². The number of thiophene rings is 1. The van der Waals surface area contributed by atoms with E-state index in [1.165, 1.54) is 15.9 Å². The van der Waals surface area contributed by atoms with Crippen molar-refractivity contribution in [2.24, 2.45) is 7.05 Å². The van der Waals surface area contributed by atoms with Crippen molar-refractivity contribution in [3.63, 3.8) is 0 Å². The number of rotatable bonds is 6. The maximum absolute atomic E-state index is 12.1. The Morgan fingerprint density at radius 3 is 2.57 bits per heavy atom. The fourth-order valence-electron chi connectivity index (χ4n) is 2.06. The van der Waals surface area contributed by atoms with Crippen LogP contribution >= 0.6 is 35.2 Å². The highest BCUT2D eigenvalue weighted by atomic mass is 79.9. The molecule has 0 radical (unpaired) electrons. The van der Waals surface area contributed by atoms with E-state index >= 15 is 0 Å². The molecular weight excluding hydrogens is 377 g/mol. The van der Waals surface area contributed by atoms with Crippen LogP contribution in [0.25, 0.3) is 10.1 Å². The predicted octanol–water partition coefficient (Wildman–Crippen LogP) is 3.69. The molecule has 0 aliphatic heterocycles. The van der Waals surface area contributed by atoms with Crippen molar-refractivity contribution >= 4 is 45.3 Å². The van der Waals surface area contributed by atoms with Gasteiger partial charge in [-0.3, -0.25) is 4.79 Å². The third-order valence-corrected chi connectivity index (χ3v) is 7.18. The first kappa shape index (κ1) is 17.1. The largest absolute Gasteiger partial charge is 0.414 e. The summed E-state index contributed by atoms with van der Waals surface area (Å²) >= 11 is 4.94. The van der Waals surface area contributed by atoms with Crippen molar-refractivity contribution in [2.75, 3.05) is 13.2 Å². The number of aryl methyl sites for hydroxylation is 1. The topological polar surface area (TPSA) is 60.7 Å². The highest BCUT2D eigenvalue weighted by Crippen LogP contribution is 2.60. The Labute approximate surface area is 136 Å².